The molecular formula is C16H18BrNO. The first-order chi connectivity index (χ1) is 9.29. The van der Waals surface area contributed by atoms with Crippen molar-refractivity contribution in [3.8, 4) is 5.75 Å². The summed E-state index contributed by atoms with van der Waals surface area (Å²) in [7, 11) is 1.96. The van der Waals surface area contributed by atoms with Gasteiger partial charge in [0.2, 0.25) is 0 Å². The third kappa shape index (κ3) is 4.37. The third-order valence-corrected chi connectivity index (χ3v) is 3.45. The van der Waals surface area contributed by atoms with E-state index < -0.39 is 0 Å². The van der Waals surface area contributed by atoms with Crippen LogP contribution >= 0.6 is 15.9 Å². The van der Waals surface area contributed by atoms with Crippen LogP contribution in [0.5, 0.6) is 5.75 Å². The van der Waals surface area contributed by atoms with Crippen LogP contribution in [-0.4, -0.2) is 13.6 Å². The molecule has 0 unspecified atom stereocenters. The summed E-state index contributed by atoms with van der Waals surface area (Å²) in [6.07, 6.45) is 1.02. The van der Waals surface area contributed by atoms with E-state index in [-0.39, 0.29) is 6.10 Å². The third-order valence-electron chi connectivity index (χ3n) is 2.92. The standard InChI is InChI=1S/C16H18BrNO/c1-18-12-11-16(13-5-3-2-4-6-13)19-15-9-7-14(17)8-10-15/h2-10,16,18H,11-12H2,1H3/t16-/m0/s1. The smallest absolute Gasteiger partial charge is 0.125 e. The topological polar surface area (TPSA) is 21.3 Å². The van der Waals surface area contributed by atoms with Crippen molar-refractivity contribution in [1.29, 1.82) is 0 Å². The van der Waals surface area contributed by atoms with E-state index in [2.05, 4.69) is 33.4 Å². The highest BCUT2D eigenvalue weighted by atomic mass is 79.9. The Morgan fingerprint density at radius 1 is 1.05 bits per heavy atom. The molecule has 3 heteroatoms. The number of ether oxygens (including phenoxy) is 1. The fourth-order valence-electron chi connectivity index (χ4n) is 1.91. The second kappa shape index (κ2) is 7.31. The number of nitrogens with one attached hydrogen (secondary N) is 1. The highest BCUT2D eigenvalue weighted by Gasteiger charge is 2.12. The Kier molecular flexibility index (Phi) is 5.43. The van der Waals surface area contributed by atoms with Gasteiger partial charge in [0.15, 0.2) is 0 Å². The molecule has 0 saturated carbocycles. The van der Waals surface area contributed by atoms with E-state index in [1.807, 2.05) is 49.5 Å². The van der Waals surface area contributed by atoms with Crippen molar-refractivity contribution in [2.24, 2.45) is 0 Å². The Hall–Kier alpha value is -1.32. The minimum absolute atomic E-state index is 0.0785. The normalized spacial score (nSPS) is 12.1. The molecule has 1 atom stereocenters. The number of benzene rings is 2. The molecule has 0 radical (unpaired) electrons. The first-order valence-corrected chi connectivity index (χ1v) is 7.20. The van der Waals surface area contributed by atoms with Crippen LogP contribution in [0, 0.1) is 0 Å². The van der Waals surface area contributed by atoms with Crippen LogP contribution < -0.4 is 10.1 Å². The Morgan fingerprint density at radius 2 is 1.74 bits per heavy atom. The van der Waals surface area contributed by atoms with E-state index >= 15 is 0 Å². The molecule has 0 aliphatic carbocycles. The lowest BCUT2D eigenvalue weighted by Crippen LogP contribution is -2.16. The van der Waals surface area contributed by atoms with E-state index in [0.29, 0.717) is 0 Å². The maximum atomic E-state index is 6.10. The first kappa shape index (κ1) is 14.1. The van der Waals surface area contributed by atoms with Gasteiger partial charge >= 0.3 is 0 Å². The molecule has 1 N–H and O–H groups in total. The summed E-state index contributed by atoms with van der Waals surface area (Å²) >= 11 is 3.43. The van der Waals surface area contributed by atoms with Crippen LogP contribution in [0.15, 0.2) is 59.1 Å². The zero-order valence-electron chi connectivity index (χ0n) is 11.0. The van der Waals surface area contributed by atoms with Crippen molar-refractivity contribution in [1.82, 2.24) is 5.32 Å². The van der Waals surface area contributed by atoms with Gasteiger partial charge < -0.3 is 10.1 Å². The average Bonchev–Trinajstić information content (AvgIpc) is 2.46. The fourth-order valence-corrected chi connectivity index (χ4v) is 2.18. The molecule has 2 rings (SSSR count). The van der Waals surface area contributed by atoms with Crippen molar-refractivity contribution in [2.75, 3.05) is 13.6 Å². The molecule has 0 aliphatic rings. The SMILES string of the molecule is CNCC[C@H](Oc1ccc(Br)cc1)c1ccccc1. The van der Waals surface area contributed by atoms with Gasteiger partial charge in [-0.1, -0.05) is 46.3 Å². The molecule has 0 heterocycles. The summed E-state index contributed by atoms with van der Waals surface area (Å²) < 4.78 is 7.16. The van der Waals surface area contributed by atoms with Gasteiger partial charge in [-0.05, 0) is 43.4 Å². The maximum absolute atomic E-state index is 6.10. The van der Waals surface area contributed by atoms with Gasteiger partial charge in [-0.25, -0.2) is 0 Å². The first-order valence-electron chi connectivity index (χ1n) is 6.41. The van der Waals surface area contributed by atoms with Gasteiger partial charge in [0.05, 0.1) is 0 Å². The quantitative estimate of drug-likeness (QED) is 0.862. The summed E-state index contributed by atoms with van der Waals surface area (Å²) in [6.45, 7) is 0.927. The Morgan fingerprint density at radius 3 is 2.37 bits per heavy atom. The molecule has 2 nitrogen and oxygen atoms in total. The van der Waals surface area contributed by atoms with Crippen molar-refractivity contribution < 1.29 is 4.74 Å². The molecule has 0 fully saturated rings. The largest absolute Gasteiger partial charge is 0.486 e. The van der Waals surface area contributed by atoms with Crippen molar-refractivity contribution >= 4 is 15.9 Å². The van der Waals surface area contributed by atoms with Gasteiger partial charge in [0.1, 0.15) is 11.9 Å². The second-order valence-electron chi connectivity index (χ2n) is 4.36. The highest BCUT2D eigenvalue weighted by molar-refractivity contribution is 9.10. The molecule has 0 amide bonds. The minimum Gasteiger partial charge on any atom is -0.486 e. The molecular weight excluding hydrogens is 302 g/mol. The Labute approximate surface area is 122 Å². The van der Waals surface area contributed by atoms with E-state index in [4.69, 9.17) is 4.74 Å². The molecule has 2 aromatic rings. The van der Waals surface area contributed by atoms with E-state index in [0.717, 1.165) is 23.2 Å². The van der Waals surface area contributed by atoms with Gasteiger partial charge in [0, 0.05) is 10.9 Å². The highest BCUT2D eigenvalue weighted by Crippen LogP contribution is 2.25. The summed E-state index contributed by atoms with van der Waals surface area (Å²) in [5, 5.41) is 3.18. The predicted molar refractivity (Wildman–Crippen MR) is 82.5 cm³/mol. The van der Waals surface area contributed by atoms with Crippen LogP contribution in [0.2, 0.25) is 0 Å². The van der Waals surface area contributed by atoms with Gasteiger partial charge in [0.25, 0.3) is 0 Å². The number of rotatable bonds is 6. The zero-order valence-corrected chi connectivity index (χ0v) is 12.6. The van der Waals surface area contributed by atoms with Gasteiger partial charge in [-0.2, -0.15) is 0 Å². The van der Waals surface area contributed by atoms with Crippen LogP contribution in [0.3, 0.4) is 0 Å². The molecule has 100 valence electrons. The van der Waals surface area contributed by atoms with Gasteiger partial charge in [-0.3, -0.25) is 0 Å². The zero-order chi connectivity index (χ0) is 13.5. The number of halogens is 1. The predicted octanol–water partition coefficient (Wildman–Crippen LogP) is 4.18. The van der Waals surface area contributed by atoms with Crippen molar-refractivity contribution in [2.45, 2.75) is 12.5 Å². The van der Waals surface area contributed by atoms with E-state index in [1.54, 1.807) is 0 Å². The minimum atomic E-state index is 0.0785. The van der Waals surface area contributed by atoms with Crippen LogP contribution in [-0.2, 0) is 0 Å². The monoisotopic (exact) mass is 319 g/mol. The summed E-state index contributed by atoms with van der Waals surface area (Å²) in [6, 6.07) is 18.3. The molecule has 0 aliphatic heterocycles. The van der Waals surface area contributed by atoms with E-state index in [9.17, 15) is 0 Å². The van der Waals surface area contributed by atoms with Crippen LogP contribution in [0.25, 0.3) is 0 Å². The fraction of sp³-hybridized carbons (Fsp3) is 0.250. The summed E-state index contributed by atoms with van der Waals surface area (Å²) in [4.78, 5) is 0. The average molecular weight is 320 g/mol. The number of hydrogen-bond donors (Lipinski definition) is 1. The van der Waals surface area contributed by atoms with Crippen molar-refractivity contribution in [3.05, 3.63) is 64.6 Å². The Balaban J connectivity index is 2.11. The van der Waals surface area contributed by atoms with Gasteiger partial charge in [-0.15, -0.1) is 0 Å². The lowest BCUT2D eigenvalue weighted by Gasteiger charge is -2.19. The molecule has 0 saturated heterocycles. The molecule has 19 heavy (non-hydrogen) atoms. The molecule has 0 bridgehead atoms. The lowest BCUT2D eigenvalue weighted by atomic mass is 10.1. The van der Waals surface area contributed by atoms with Crippen LogP contribution in [0.1, 0.15) is 18.1 Å². The summed E-state index contributed by atoms with van der Waals surface area (Å²) in [5.74, 6) is 0.896. The summed E-state index contributed by atoms with van der Waals surface area (Å²) in [5.41, 5.74) is 1.21. The molecule has 2 aromatic carbocycles. The van der Waals surface area contributed by atoms with E-state index in [1.165, 1.54) is 5.56 Å². The maximum Gasteiger partial charge on any atom is 0.125 e. The van der Waals surface area contributed by atoms with Crippen LogP contribution in [0.4, 0.5) is 0 Å². The second-order valence-corrected chi connectivity index (χ2v) is 5.28. The van der Waals surface area contributed by atoms with Crippen molar-refractivity contribution in [3.63, 3.8) is 0 Å². The lowest BCUT2D eigenvalue weighted by molar-refractivity contribution is 0.195. The Bertz CT molecular complexity index is 484. The molecule has 0 aromatic heterocycles. The number of hydrogen-bond acceptors (Lipinski definition) is 2. The molecule has 0 spiro atoms.